The minimum Gasteiger partial charge on any atom is -0.394 e. The number of hydrogen-bond acceptors (Lipinski definition) is 5. The summed E-state index contributed by atoms with van der Waals surface area (Å²) in [5, 5.41) is 14.0. The van der Waals surface area contributed by atoms with E-state index in [0.717, 1.165) is 27.8 Å². The van der Waals surface area contributed by atoms with Gasteiger partial charge in [-0.05, 0) is 54.8 Å². The van der Waals surface area contributed by atoms with Crippen LogP contribution >= 0.6 is 11.6 Å². The van der Waals surface area contributed by atoms with Crippen molar-refractivity contribution in [2.75, 3.05) is 11.9 Å². The smallest absolute Gasteiger partial charge is 0.261 e. The van der Waals surface area contributed by atoms with E-state index in [0.29, 0.717) is 28.5 Å². The Morgan fingerprint density at radius 1 is 1.21 bits per heavy atom. The van der Waals surface area contributed by atoms with Gasteiger partial charge in [0.25, 0.3) is 5.56 Å². The second kappa shape index (κ2) is 9.17. The molecule has 8 nitrogen and oxygen atoms in total. The van der Waals surface area contributed by atoms with E-state index in [-0.39, 0.29) is 18.2 Å². The van der Waals surface area contributed by atoms with E-state index in [1.54, 1.807) is 24.8 Å². The van der Waals surface area contributed by atoms with E-state index in [1.165, 1.54) is 0 Å². The van der Waals surface area contributed by atoms with Crippen molar-refractivity contribution in [2.45, 2.75) is 19.4 Å². The van der Waals surface area contributed by atoms with E-state index in [9.17, 15) is 9.90 Å². The van der Waals surface area contributed by atoms with Gasteiger partial charge in [-0.3, -0.25) is 4.79 Å². The van der Waals surface area contributed by atoms with Crippen molar-refractivity contribution in [3.63, 3.8) is 0 Å². The zero-order valence-corrected chi connectivity index (χ0v) is 19.2. The average Bonchev–Trinajstić information content (AvgIpc) is 3.50. The molecule has 5 rings (SSSR count). The lowest BCUT2D eigenvalue weighted by Gasteiger charge is -2.19. The highest BCUT2D eigenvalue weighted by Crippen LogP contribution is 2.28. The molecule has 34 heavy (non-hydrogen) atoms. The van der Waals surface area contributed by atoms with Crippen LogP contribution in [0, 0.1) is 6.92 Å². The highest BCUT2D eigenvalue weighted by Gasteiger charge is 2.18. The molecule has 0 radical (unpaired) electrons. The maximum atomic E-state index is 12.9. The largest absolute Gasteiger partial charge is 0.394 e. The Hall–Kier alpha value is -3.88. The third kappa shape index (κ3) is 4.33. The Labute approximate surface area is 200 Å². The molecule has 0 aliphatic heterocycles. The van der Waals surface area contributed by atoms with Crippen molar-refractivity contribution in [3.05, 3.63) is 93.9 Å². The number of H-pyrrole nitrogens is 2. The number of aryl methyl sites for hydroxylation is 1. The minimum atomic E-state index is -0.305. The first kappa shape index (κ1) is 21.9. The highest BCUT2D eigenvalue weighted by molar-refractivity contribution is 6.30. The molecule has 0 aliphatic carbocycles. The Morgan fingerprint density at radius 2 is 2.03 bits per heavy atom. The van der Waals surface area contributed by atoms with Crippen LogP contribution < -0.4 is 10.9 Å². The van der Waals surface area contributed by atoms with Crippen LogP contribution in [-0.2, 0) is 6.42 Å². The van der Waals surface area contributed by atoms with Gasteiger partial charge < -0.3 is 25.0 Å². The van der Waals surface area contributed by atoms with Crippen LogP contribution in [0.3, 0.4) is 0 Å². The first-order chi connectivity index (χ1) is 16.5. The summed E-state index contributed by atoms with van der Waals surface area (Å²) in [5.74, 6) is 0.452. The lowest BCUT2D eigenvalue weighted by atomic mass is 10.1. The van der Waals surface area contributed by atoms with Crippen molar-refractivity contribution >= 4 is 28.3 Å². The van der Waals surface area contributed by atoms with Crippen molar-refractivity contribution < 1.29 is 5.11 Å². The second-order valence-corrected chi connectivity index (χ2v) is 8.60. The van der Waals surface area contributed by atoms with E-state index in [1.807, 2.05) is 54.1 Å². The van der Waals surface area contributed by atoms with Crippen molar-refractivity contribution in [2.24, 2.45) is 0 Å². The zero-order chi connectivity index (χ0) is 23.7. The molecule has 0 saturated heterocycles. The summed E-state index contributed by atoms with van der Waals surface area (Å²) in [6.07, 6.45) is 7.47. The predicted octanol–water partition coefficient (Wildman–Crippen LogP) is 4.08. The normalized spacial score (nSPS) is 12.2. The molecule has 172 valence electrons. The van der Waals surface area contributed by atoms with Gasteiger partial charge in [-0.25, -0.2) is 9.97 Å². The molecule has 4 N–H and O–H groups in total. The molecule has 0 fully saturated rings. The molecular formula is C25H23ClN6O2. The Balaban J connectivity index is 1.51. The van der Waals surface area contributed by atoms with Gasteiger partial charge in [-0.1, -0.05) is 23.7 Å². The number of pyridine rings is 1. The fourth-order valence-electron chi connectivity index (χ4n) is 4.07. The van der Waals surface area contributed by atoms with E-state index < -0.39 is 0 Å². The number of anilines is 1. The zero-order valence-electron chi connectivity index (χ0n) is 18.4. The molecule has 0 unspecified atom stereocenters. The predicted molar refractivity (Wildman–Crippen MR) is 134 cm³/mol. The molecule has 3 heterocycles. The number of aromatic amines is 2. The van der Waals surface area contributed by atoms with Crippen molar-refractivity contribution in [3.8, 4) is 17.1 Å². The number of fused-ring (bicyclic) bond motifs is 1. The summed E-state index contributed by atoms with van der Waals surface area (Å²) >= 11 is 5.98. The molecular weight excluding hydrogens is 452 g/mol. The first-order valence-corrected chi connectivity index (χ1v) is 11.2. The monoisotopic (exact) mass is 474 g/mol. The maximum absolute atomic E-state index is 12.9. The van der Waals surface area contributed by atoms with Crippen LogP contribution in [0.4, 0.5) is 5.69 Å². The summed E-state index contributed by atoms with van der Waals surface area (Å²) in [4.78, 5) is 27.8. The molecule has 3 aromatic heterocycles. The topological polar surface area (TPSA) is 112 Å². The number of halogens is 1. The minimum absolute atomic E-state index is 0.109. The molecule has 9 heteroatoms. The third-order valence-electron chi connectivity index (χ3n) is 5.74. The standard InChI is InChI=1S/C25H23ClN6O2/c1-15-10-19(32-9-8-27-14-32)12-21-23(15)31-24(30-21)22-20(6-7-28-25(22)34)29-18(13-33)11-16-2-4-17(26)5-3-16/h2-10,12,14,18,33H,11,13H2,1H3,(H,30,31)(H2,28,29,34)/t18-/m0/s1. The molecule has 0 aliphatic rings. The van der Waals surface area contributed by atoms with Gasteiger partial charge in [-0.2, -0.15) is 0 Å². The van der Waals surface area contributed by atoms with Crippen LogP contribution in [-0.4, -0.2) is 42.3 Å². The lowest BCUT2D eigenvalue weighted by Crippen LogP contribution is -2.28. The van der Waals surface area contributed by atoms with Crippen LogP contribution in [0.25, 0.3) is 28.1 Å². The van der Waals surface area contributed by atoms with Crippen LogP contribution in [0.2, 0.25) is 5.02 Å². The number of benzene rings is 2. The summed E-state index contributed by atoms with van der Waals surface area (Å²) in [6.45, 7) is 1.87. The third-order valence-corrected chi connectivity index (χ3v) is 5.99. The Morgan fingerprint density at radius 3 is 2.76 bits per heavy atom. The SMILES string of the molecule is Cc1cc(-n2ccnc2)cc2[nH]c(-c3c(N[C@H](CO)Cc4ccc(Cl)cc4)cc[nH]c3=O)nc12. The van der Waals surface area contributed by atoms with Crippen molar-refractivity contribution in [1.29, 1.82) is 0 Å². The van der Waals surface area contributed by atoms with E-state index >= 15 is 0 Å². The van der Waals surface area contributed by atoms with Gasteiger partial charge in [0.05, 0.1) is 35.7 Å². The number of aliphatic hydroxyl groups is 1. The summed E-state index contributed by atoms with van der Waals surface area (Å²) in [6, 6.07) is 13.0. The Bertz CT molecular complexity index is 1490. The summed E-state index contributed by atoms with van der Waals surface area (Å²) in [5.41, 5.74) is 5.23. The first-order valence-electron chi connectivity index (χ1n) is 10.8. The van der Waals surface area contributed by atoms with Crippen LogP contribution in [0.1, 0.15) is 11.1 Å². The van der Waals surface area contributed by atoms with E-state index in [2.05, 4.69) is 20.3 Å². The van der Waals surface area contributed by atoms with Gasteiger partial charge >= 0.3 is 0 Å². The molecule has 1 atom stereocenters. The van der Waals surface area contributed by atoms with Gasteiger partial charge in [0.1, 0.15) is 11.4 Å². The number of imidazole rings is 2. The van der Waals surface area contributed by atoms with Gasteiger partial charge in [0, 0.05) is 29.3 Å². The van der Waals surface area contributed by atoms with E-state index in [4.69, 9.17) is 16.6 Å². The molecule has 0 spiro atoms. The summed E-state index contributed by atoms with van der Waals surface area (Å²) < 4.78 is 1.91. The highest BCUT2D eigenvalue weighted by atomic mass is 35.5. The van der Waals surface area contributed by atoms with Crippen LogP contribution in [0.15, 0.2) is 72.2 Å². The molecule has 2 aromatic carbocycles. The number of aromatic nitrogens is 5. The van der Waals surface area contributed by atoms with Crippen LogP contribution in [0.5, 0.6) is 0 Å². The molecule has 0 bridgehead atoms. The van der Waals surface area contributed by atoms with Gasteiger partial charge in [-0.15, -0.1) is 0 Å². The summed E-state index contributed by atoms with van der Waals surface area (Å²) in [7, 11) is 0. The fraction of sp³-hybridized carbons (Fsp3) is 0.160. The number of nitrogens with one attached hydrogen (secondary N) is 3. The number of aliphatic hydroxyl groups excluding tert-OH is 1. The number of hydrogen-bond donors (Lipinski definition) is 4. The van der Waals surface area contributed by atoms with Gasteiger partial charge in [0.15, 0.2) is 0 Å². The quantitative estimate of drug-likeness (QED) is 0.284. The lowest BCUT2D eigenvalue weighted by molar-refractivity contribution is 0.274. The molecule has 0 saturated carbocycles. The second-order valence-electron chi connectivity index (χ2n) is 8.16. The fourth-order valence-corrected chi connectivity index (χ4v) is 4.20. The number of rotatable bonds is 7. The Kier molecular flexibility index (Phi) is 5.91. The van der Waals surface area contributed by atoms with Gasteiger partial charge in [0.2, 0.25) is 0 Å². The van der Waals surface area contributed by atoms with Crippen molar-refractivity contribution in [1.82, 2.24) is 24.5 Å². The average molecular weight is 475 g/mol. The molecule has 5 aromatic rings. The number of nitrogens with zero attached hydrogens (tertiary/aromatic N) is 3. The maximum Gasteiger partial charge on any atom is 0.261 e. The molecule has 0 amide bonds.